The van der Waals surface area contributed by atoms with Gasteiger partial charge in [0.15, 0.2) is 11.5 Å². The van der Waals surface area contributed by atoms with Crippen LogP contribution in [0.1, 0.15) is 71.3 Å². The number of hydrogen-bond acceptors (Lipinski definition) is 6. The fraction of sp³-hybridized carbons (Fsp3) is 0.206. The van der Waals surface area contributed by atoms with E-state index in [1.54, 1.807) is 21.6 Å². The van der Waals surface area contributed by atoms with Gasteiger partial charge in [-0.05, 0) is 55.5 Å². The molecule has 0 fully saturated rings. The highest BCUT2D eigenvalue weighted by Crippen LogP contribution is 2.25. The van der Waals surface area contributed by atoms with Crippen LogP contribution in [0.4, 0.5) is 5.82 Å². The second kappa shape index (κ2) is 11.2. The number of rotatable bonds is 5. The Morgan fingerprint density at radius 3 is 2.45 bits per heavy atom. The molecule has 2 aromatic carbocycles. The summed E-state index contributed by atoms with van der Waals surface area (Å²) in [7, 11) is 1.86. The summed E-state index contributed by atoms with van der Waals surface area (Å²) in [5.41, 5.74) is 11.0. The van der Waals surface area contributed by atoms with Crippen molar-refractivity contribution in [1.29, 1.82) is 0 Å². The molecule has 1 amide bonds. The highest BCUT2D eigenvalue weighted by molar-refractivity contribution is 6.04. The average Bonchev–Trinajstić information content (AvgIpc) is 3.52. The first-order chi connectivity index (χ1) is 21.1. The van der Waals surface area contributed by atoms with Crippen LogP contribution in [0.15, 0.2) is 77.9 Å². The molecule has 0 radical (unpaired) electrons. The number of carbonyl (C=O) groups excluding carboxylic acids is 1. The van der Waals surface area contributed by atoms with Gasteiger partial charge < -0.3 is 11.1 Å². The Kier molecular flexibility index (Phi) is 7.23. The molecule has 0 unspecified atom stereocenters. The molecule has 44 heavy (non-hydrogen) atoms. The molecule has 10 nitrogen and oxygen atoms in total. The number of aromatic nitrogens is 6. The van der Waals surface area contributed by atoms with E-state index in [1.807, 2.05) is 95.4 Å². The number of hydrogen-bond donors (Lipinski definition) is 2. The van der Waals surface area contributed by atoms with E-state index in [-0.39, 0.29) is 22.9 Å². The zero-order valence-electron chi connectivity index (χ0n) is 25.2. The molecule has 4 heterocycles. The Hall–Kier alpha value is -5.69. The van der Waals surface area contributed by atoms with Gasteiger partial charge in [0, 0.05) is 35.9 Å². The first-order valence-electron chi connectivity index (χ1n) is 14.3. The number of nitrogen functional groups attached to an aromatic ring is 1. The number of pyridine rings is 1. The van der Waals surface area contributed by atoms with Gasteiger partial charge in [0.1, 0.15) is 5.56 Å². The van der Waals surface area contributed by atoms with Gasteiger partial charge >= 0.3 is 0 Å². The van der Waals surface area contributed by atoms with Crippen molar-refractivity contribution in [2.75, 3.05) is 5.73 Å². The maximum Gasteiger partial charge on any atom is 0.264 e. The molecule has 0 aliphatic rings. The Labute approximate surface area is 254 Å². The predicted octanol–water partition coefficient (Wildman–Crippen LogP) is 4.67. The molecule has 0 bridgehead atoms. The fourth-order valence-electron chi connectivity index (χ4n) is 5.25. The van der Waals surface area contributed by atoms with Crippen LogP contribution < -0.4 is 16.6 Å². The predicted molar refractivity (Wildman–Crippen MR) is 171 cm³/mol. The van der Waals surface area contributed by atoms with E-state index in [2.05, 4.69) is 32.3 Å². The van der Waals surface area contributed by atoms with Gasteiger partial charge in [0.25, 0.3) is 11.5 Å². The number of amides is 1. The highest BCUT2D eigenvalue weighted by Gasteiger charge is 2.24. The number of carbonyl (C=O) groups is 1. The number of fused-ring (bicyclic) bond motifs is 2. The molecule has 4 aromatic heterocycles. The van der Waals surface area contributed by atoms with Gasteiger partial charge in [0.05, 0.1) is 28.9 Å². The second-order valence-corrected chi connectivity index (χ2v) is 11.1. The number of nitrogens with two attached hydrogens (primary N) is 1. The van der Waals surface area contributed by atoms with Crippen LogP contribution in [0.25, 0.3) is 22.1 Å². The summed E-state index contributed by atoms with van der Waals surface area (Å²) >= 11 is 0. The van der Waals surface area contributed by atoms with Crippen molar-refractivity contribution in [1.82, 2.24) is 34.3 Å². The van der Waals surface area contributed by atoms with Crippen LogP contribution >= 0.6 is 0 Å². The summed E-state index contributed by atoms with van der Waals surface area (Å²) in [6.07, 6.45) is 3.47. The zero-order valence-corrected chi connectivity index (χ0v) is 25.2. The van der Waals surface area contributed by atoms with E-state index < -0.39 is 11.9 Å². The van der Waals surface area contributed by atoms with Crippen LogP contribution in [-0.2, 0) is 7.05 Å². The minimum atomic E-state index is -0.588. The van der Waals surface area contributed by atoms with Crippen molar-refractivity contribution in [2.45, 2.75) is 39.7 Å². The summed E-state index contributed by atoms with van der Waals surface area (Å²) in [5.74, 6) is 6.17. The zero-order chi connectivity index (χ0) is 31.1. The van der Waals surface area contributed by atoms with Crippen LogP contribution in [0.2, 0.25) is 0 Å². The van der Waals surface area contributed by atoms with E-state index in [0.29, 0.717) is 33.4 Å². The van der Waals surface area contributed by atoms with Crippen molar-refractivity contribution in [3.63, 3.8) is 0 Å². The molecule has 0 spiro atoms. The molecular formula is C34H32N8O2. The minimum Gasteiger partial charge on any atom is -0.381 e. The number of benzene rings is 2. The molecule has 0 saturated carbocycles. The minimum absolute atomic E-state index is 0.0779. The second-order valence-electron chi connectivity index (χ2n) is 11.1. The lowest BCUT2D eigenvalue weighted by molar-refractivity contribution is 0.0941. The summed E-state index contributed by atoms with van der Waals surface area (Å²) in [6, 6.07) is 18.1. The van der Waals surface area contributed by atoms with Crippen molar-refractivity contribution in [3.05, 3.63) is 117 Å². The van der Waals surface area contributed by atoms with Crippen molar-refractivity contribution >= 4 is 28.1 Å². The molecule has 6 aromatic rings. The third kappa shape index (κ3) is 4.98. The molecule has 0 aliphatic heterocycles. The molecule has 0 aliphatic carbocycles. The summed E-state index contributed by atoms with van der Waals surface area (Å²) in [4.78, 5) is 32.7. The van der Waals surface area contributed by atoms with Crippen LogP contribution in [0.5, 0.6) is 0 Å². The van der Waals surface area contributed by atoms with Crippen molar-refractivity contribution < 1.29 is 4.79 Å². The Morgan fingerprint density at radius 2 is 1.75 bits per heavy atom. The van der Waals surface area contributed by atoms with Crippen LogP contribution in [0.3, 0.4) is 0 Å². The summed E-state index contributed by atoms with van der Waals surface area (Å²) in [6.45, 7) is 7.84. The van der Waals surface area contributed by atoms with Gasteiger partial charge in [0.2, 0.25) is 0 Å². The molecule has 1 atom stereocenters. The molecular weight excluding hydrogens is 552 g/mol. The maximum atomic E-state index is 14.3. The average molecular weight is 585 g/mol. The molecule has 3 N–H and O–H groups in total. The highest BCUT2D eigenvalue weighted by atomic mass is 16.2. The normalized spacial score (nSPS) is 12.0. The number of anilines is 1. The van der Waals surface area contributed by atoms with Crippen molar-refractivity contribution in [2.24, 2.45) is 7.05 Å². The topological polar surface area (TPSA) is 125 Å². The van der Waals surface area contributed by atoms with Crippen molar-refractivity contribution in [3.8, 4) is 17.5 Å². The standard InChI is InChI=1S/C34H32N8O2/c1-20(2)27-16-17-41-32(38-27)30(31(35)39-41)33(43)37-21(3)28-18-24-11-9-10-23(14-15-25-19-36-40(5)22(25)4)29(24)34(44)42(28)26-12-7-6-8-13-26/h6-13,16-21H,1-5H3,(H2,35,39)(H,37,43)/t21-/m0/s1. The van der Waals surface area contributed by atoms with Gasteiger partial charge in [-0.1, -0.05) is 56.0 Å². The first-order valence-corrected chi connectivity index (χ1v) is 14.3. The molecule has 10 heteroatoms. The van der Waals surface area contributed by atoms with E-state index in [1.165, 1.54) is 4.52 Å². The summed E-state index contributed by atoms with van der Waals surface area (Å²) < 4.78 is 4.89. The third-order valence-corrected chi connectivity index (χ3v) is 7.80. The van der Waals surface area contributed by atoms with Gasteiger partial charge in [-0.15, -0.1) is 5.10 Å². The lowest BCUT2D eigenvalue weighted by Crippen LogP contribution is -2.32. The van der Waals surface area contributed by atoms with Gasteiger partial charge in [-0.25, -0.2) is 9.50 Å². The Balaban J connectivity index is 1.46. The van der Waals surface area contributed by atoms with E-state index in [4.69, 9.17) is 5.73 Å². The number of para-hydroxylation sites is 1. The Bertz CT molecular complexity index is 2180. The first kappa shape index (κ1) is 28.4. The monoisotopic (exact) mass is 584 g/mol. The third-order valence-electron chi connectivity index (χ3n) is 7.80. The van der Waals surface area contributed by atoms with Gasteiger partial charge in [-0.2, -0.15) is 5.10 Å². The molecule has 220 valence electrons. The molecule has 6 rings (SSSR count). The van der Waals surface area contributed by atoms with Crippen LogP contribution in [0, 0.1) is 18.8 Å². The Morgan fingerprint density at radius 1 is 1.00 bits per heavy atom. The fourth-order valence-corrected chi connectivity index (χ4v) is 5.25. The van der Waals surface area contributed by atoms with E-state index >= 15 is 0 Å². The number of nitrogens with one attached hydrogen (secondary N) is 1. The van der Waals surface area contributed by atoms with Gasteiger partial charge in [-0.3, -0.25) is 18.8 Å². The lowest BCUT2D eigenvalue weighted by atomic mass is 10.0. The summed E-state index contributed by atoms with van der Waals surface area (Å²) in [5, 5.41) is 12.8. The lowest BCUT2D eigenvalue weighted by Gasteiger charge is -2.21. The van der Waals surface area contributed by atoms with E-state index in [9.17, 15) is 9.59 Å². The largest absolute Gasteiger partial charge is 0.381 e. The number of nitrogens with zero attached hydrogens (tertiary/aromatic N) is 6. The SMILES string of the molecule is Cc1c(C#Cc2cccc3cc([C@H](C)NC(=O)c4c(N)nn5ccc(C(C)C)nc45)n(-c4ccccc4)c(=O)c23)cnn1C. The van der Waals surface area contributed by atoms with E-state index in [0.717, 1.165) is 17.0 Å². The molecule has 0 saturated heterocycles. The van der Waals surface area contributed by atoms with Crippen LogP contribution in [-0.4, -0.2) is 34.9 Å². The quantitative estimate of drug-likeness (QED) is 0.284. The maximum absolute atomic E-state index is 14.3. The number of aryl methyl sites for hydroxylation is 1. The smallest absolute Gasteiger partial charge is 0.264 e.